The Hall–Kier alpha value is -0.0400. The Bertz CT molecular complexity index is 123. The smallest absolute Gasteiger partial charge is 0.00180 e. The SMILES string of the molecule is CCCCC(CC)(CN)C(CC)CC. The van der Waals surface area contributed by atoms with E-state index in [4.69, 9.17) is 5.73 Å². The zero-order chi connectivity index (χ0) is 11.0. The Kier molecular flexibility index (Phi) is 7.26. The van der Waals surface area contributed by atoms with E-state index < -0.39 is 0 Å². The van der Waals surface area contributed by atoms with Crippen LogP contribution >= 0.6 is 0 Å². The molecule has 0 aliphatic carbocycles. The summed E-state index contributed by atoms with van der Waals surface area (Å²) in [6.45, 7) is 10.1. The largest absolute Gasteiger partial charge is 0.330 e. The first-order valence-corrected chi connectivity index (χ1v) is 6.40. The molecule has 0 saturated heterocycles. The molecule has 86 valence electrons. The third-order valence-corrected chi connectivity index (χ3v) is 3.99. The summed E-state index contributed by atoms with van der Waals surface area (Å²) in [5, 5.41) is 0. The molecule has 1 atom stereocenters. The van der Waals surface area contributed by atoms with E-state index in [0.717, 1.165) is 12.5 Å². The average molecular weight is 199 g/mol. The first-order chi connectivity index (χ1) is 6.70. The van der Waals surface area contributed by atoms with Gasteiger partial charge in [-0.2, -0.15) is 0 Å². The Morgan fingerprint density at radius 3 is 1.93 bits per heavy atom. The first-order valence-electron chi connectivity index (χ1n) is 6.40. The highest BCUT2D eigenvalue weighted by molar-refractivity contribution is 4.85. The minimum Gasteiger partial charge on any atom is -0.330 e. The van der Waals surface area contributed by atoms with E-state index in [1.807, 2.05) is 0 Å². The van der Waals surface area contributed by atoms with E-state index in [1.54, 1.807) is 0 Å². The molecule has 0 heterocycles. The van der Waals surface area contributed by atoms with Gasteiger partial charge in [0, 0.05) is 0 Å². The molecule has 0 saturated carbocycles. The number of hydrogen-bond acceptors (Lipinski definition) is 1. The maximum Gasteiger partial charge on any atom is -0.00180 e. The summed E-state index contributed by atoms with van der Waals surface area (Å²) in [5.41, 5.74) is 6.44. The Morgan fingerprint density at radius 2 is 1.64 bits per heavy atom. The summed E-state index contributed by atoms with van der Waals surface area (Å²) >= 11 is 0. The molecular formula is C13H29N. The molecule has 0 aromatic carbocycles. The first kappa shape index (κ1) is 14.0. The van der Waals surface area contributed by atoms with Crippen molar-refractivity contribution in [1.29, 1.82) is 0 Å². The Balaban J connectivity index is 4.47. The average Bonchev–Trinajstić information content (AvgIpc) is 2.24. The van der Waals surface area contributed by atoms with E-state index in [9.17, 15) is 0 Å². The molecule has 0 bridgehead atoms. The second kappa shape index (κ2) is 7.28. The van der Waals surface area contributed by atoms with Crippen molar-refractivity contribution in [2.24, 2.45) is 17.1 Å². The van der Waals surface area contributed by atoms with Crippen LogP contribution in [0.25, 0.3) is 0 Å². The molecular weight excluding hydrogens is 170 g/mol. The summed E-state index contributed by atoms with van der Waals surface area (Å²) in [6.07, 6.45) is 7.76. The predicted octanol–water partition coefficient (Wildman–Crippen LogP) is 3.97. The maximum atomic E-state index is 6.01. The van der Waals surface area contributed by atoms with Crippen molar-refractivity contribution in [2.45, 2.75) is 66.2 Å². The summed E-state index contributed by atoms with van der Waals surface area (Å²) in [6, 6.07) is 0. The van der Waals surface area contributed by atoms with Crippen LogP contribution in [0.15, 0.2) is 0 Å². The van der Waals surface area contributed by atoms with Crippen LogP contribution in [0, 0.1) is 11.3 Å². The van der Waals surface area contributed by atoms with Gasteiger partial charge in [0.15, 0.2) is 0 Å². The van der Waals surface area contributed by atoms with Gasteiger partial charge in [-0.1, -0.05) is 53.4 Å². The van der Waals surface area contributed by atoms with Gasteiger partial charge in [-0.15, -0.1) is 0 Å². The van der Waals surface area contributed by atoms with Gasteiger partial charge in [-0.05, 0) is 30.7 Å². The third kappa shape index (κ3) is 3.27. The minimum atomic E-state index is 0.430. The topological polar surface area (TPSA) is 26.0 Å². The lowest BCUT2D eigenvalue weighted by Gasteiger charge is -2.39. The molecule has 0 spiro atoms. The molecule has 1 nitrogen and oxygen atoms in total. The summed E-state index contributed by atoms with van der Waals surface area (Å²) in [4.78, 5) is 0. The zero-order valence-electron chi connectivity index (χ0n) is 10.6. The highest BCUT2D eigenvalue weighted by Gasteiger charge is 2.32. The lowest BCUT2D eigenvalue weighted by atomic mass is 9.68. The summed E-state index contributed by atoms with van der Waals surface area (Å²) in [5.74, 6) is 0.823. The standard InChI is InChI=1S/C13H29N/c1-5-9-10-13(8-4,11-14)12(6-2)7-3/h12H,5-11,14H2,1-4H3. The highest BCUT2D eigenvalue weighted by Crippen LogP contribution is 2.39. The normalized spacial score (nSPS) is 15.9. The van der Waals surface area contributed by atoms with Crippen LogP contribution in [-0.2, 0) is 0 Å². The third-order valence-electron chi connectivity index (χ3n) is 3.99. The van der Waals surface area contributed by atoms with Crippen LogP contribution < -0.4 is 5.73 Å². The highest BCUT2D eigenvalue weighted by atomic mass is 14.6. The maximum absolute atomic E-state index is 6.01. The molecule has 0 aliphatic heterocycles. The van der Waals surface area contributed by atoms with Gasteiger partial charge in [0.05, 0.1) is 0 Å². The predicted molar refractivity (Wildman–Crippen MR) is 65.4 cm³/mol. The molecule has 0 radical (unpaired) electrons. The van der Waals surface area contributed by atoms with Crippen LogP contribution in [0.5, 0.6) is 0 Å². The van der Waals surface area contributed by atoms with E-state index >= 15 is 0 Å². The molecule has 0 aromatic heterocycles. The van der Waals surface area contributed by atoms with Gasteiger partial charge in [0.1, 0.15) is 0 Å². The molecule has 0 fully saturated rings. The molecule has 1 unspecified atom stereocenters. The fourth-order valence-corrected chi connectivity index (χ4v) is 2.77. The van der Waals surface area contributed by atoms with Crippen LogP contribution in [0.3, 0.4) is 0 Å². The van der Waals surface area contributed by atoms with Crippen molar-refractivity contribution in [1.82, 2.24) is 0 Å². The zero-order valence-corrected chi connectivity index (χ0v) is 10.6. The van der Waals surface area contributed by atoms with Crippen molar-refractivity contribution >= 4 is 0 Å². The quantitative estimate of drug-likeness (QED) is 0.629. The number of rotatable bonds is 8. The van der Waals surface area contributed by atoms with E-state index in [2.05, 4.69) is 27.7 Å². The summed E-state index contributed by atoms with van der Waals surface area (Å²) < 4.78 is 0. The second-order valence-electron chi connectivity index (χ2n) is 4.54. The van der Waals surface area contributed by atoms with Crippen LogP contribution in [-0.4, -0.2) is 6.54 Å². The van der Waals surface area contributed by atoms with Crippen molar-refractivity contribution in [3.8, 4) is 0 Å². The molecule has 0 amide bonds. The van der Waals surface area contributed by atoms with Gasteiger partial charge in [0.2, 0.25) is 0 Å². The van der Waals surface area contributed by atoms with Gasteiger partial charge < -0.3 is 5.73 Å². The number of hydrogen-bond donors (Lipinski definition) is 1. The molecule has 1 heteroatoms. The van der Waals surface area contributed by atoms with Gasteiger partial charge >= 0.3 is 0 Å². The van der Waals surface area contributed by atoms with Crippen molar-refractivity contribution in [2.75, 3.05) is 6.54 Å². The number of nitrogens with two attached hydrogens (primary N) is 1. The lowest BCUT2D eigenvalue weighted by molar-refractivity contribution is 0.131. The fourth-order valence-electron chi connectivity index (χ4n) is 2.77. The van der Waals surface area contributed by atoms with Crippen molar-refractivity contribution < 1.29 is 0 Å². The Morgan fingerprint density at radius 1 is 1.07 bits per heavy atom. The fraction of sp³-hybridized carbons (Fsp3) is 1.00. The van der Waals surface area contributed by atoms with E-state index in [1.165, 1.54) is 38.5 Å². The van der Waals surface area contributed by atoms with Gasteiger partial charge in [-0.3, -0.25) is 0 Å². The molecule has 14 heavy (non-hydrogen) atoms. The van der Waals surface area contributed by atoms with Crippen LogP contribution in [0.1, 0.15) is 66.2 Å². The minimum absolute atomic E-state index is 0.430. The van der Waals surface area contributed by atoms with Crippen LogP contribution in [0.4, 0.5) is 0 Å². The number of unbranched alkanes of at least 4 members (excludes halogenated alkanes) is 1. The molecule has 2 N–H and O–H groups in total. The Labute approximate surface area is 90.5 Å². The van der Waals surface area contributed by atoms with Crippen molar-refractivity contribution in [3.63, 3.8) is 0 Å². The monoisotopic (exact) mass is 199 g/mol. The molecule has 0 rings (SSSR count). The molecule has 0 aliphatic rings. The summed E-state index contributed by atoms with van der Waals surface area (Å²) in [7, 11) is 0. The second-order valence-corrected chi connectivity index (χ2v) is 4.54. The van der Waals surface area contributed by atoms with Gasteiger partial charge in [0.25, 0.3) is 0 Å². The lowest BCUT2D eigenvalue weighted by Crippen LogP contribution is -2.37. The van der Waals surface area contributed by atoms with E-state index in [0.29, 0.717) is 5.41 Å². The van der Waals surface area contributed by atoms with Crippen molar-refractivity contribution in [3.05, 3.63) is 0 Å². The van der Waals surface area contributed by atoms with Gasteiger partial charge in [-0.25, -0.2) is 0 Å². The van der Waals surface area contributed by atoms with E-state index in [-0.39, 0.29) is 0 Å². The van der Waals surface area contributed by atoms with Crippen LogP contribution in [0.2, 0.25) is 0 Å². The molecule has 0 aromatic rings.